The molecule has 1 N–H and O–H groups in total. The molecule has 0 spiro atoms. The Labute approximate surface area is 146 Å². The standard InChI is InChI=1S/C16H27N3O2S.ClH/c1-3-18(14-16-7-5-4-6-8-16)22(20,21)19-11-9-15(10-12-19)13-17-2;/h4-8,15,17H,3,9-14H2,1-2H3;1H. The summed E-state index contributed by atoms with van der Waals surface area (Å²) in [6, 6.07) is 9.77. The van der Waals surface area contributed by atoms with E-state index in [1.165, 1.54) is 0 Å². The number of nitrogens with one attached hydrogen (secondary N) is 1. The molecule has 5 nitrogen and oxygen atoms in total. The summed E-state index contributed by atoms with van der Waals surface area (Å²) in [5.74, 6) is 0.584. The van der Waals surface area contributed by atoms with Gasteiger partial charge in [-0.15, -0.1) is 12.4 Å². The van der Waals surface area contributed by atoms with Gasteiger partial charge in [0.25, 0.3) is 10.2 Å². The van der Waals surface area contributed by atoms with Crippen molar-refractivity contribution in [3.8, 4) is 0 Å². The Balaban J connectivity index is 0.00000264. The summed E-state index contributed by atoms with van der Waals surface area (Å²) in [5, 5.41) is 3.18. The fraction of sp³-hybridized carbons (Fsp3) is 0.625. The van der Waals surface area contributed by atoms with Gasteiger partial charge in [-0.2, -0.15) is 17.0 Å². The first-order chi connectivity index (χ1) is 10.6. The van der Waals surface area contributed by atoms with Gasteiger partial charge in [-0.1, -0.05) is 37.3 Å². The molecule has 1 aliphatic rings. The molecule has 0 radical (unpaired) electrons. The third-order valence-corrected chi connectivity index (χ3v) is 6.33. The Bertz CT molecular complexity index is 546. The van der Waals surface area contributed by atoms with Crippen molar-refractivity contribution >= 4 is 22.6 Å². The van der Waals surface area contributed by atoms with Crippen molar-refractivity contribution in [3.05, 3.63) is 35.9 Å². The molecule has 2 rings (SSSR count). The fourth-order valence-corrected chi connectivity index (χ4v) is 4.58. The average molecular weight is 362 g/mol. The number of rotatable bonds is 7. The number of benzene rings is 1. The maximum absolute atomic E-state index is 12.8. The molecule has 0 bridgehead atoms. The summed E-state index contributed by atoms with van der Waals surface area (Å²) in [6.45, 7) is 5.05. The summed E-state index contributed by atoms with van der Waals surface area (Å²) in [5.41, 5.74) is 1.03. The van der Waals surface area contributed by atoms with Crippen molar-refractivity contribution in [1.82, 2.24) is 13.9 Å². The Kier molecular flexibility index (Phi) is 8.50. The lowest BCUT2D eigenvalue weighted by atomic mass is 9.98. The van der Waals surface area contributed by atoms with Gasteiger partial charge in [0.05, 0.1) is 0 Å². The van der Waals surface area contributed by atoms with Gasteiger partial charge in [0.1, 0.15) is 0 Å². The second kappa shape index (κ2) is 9.59. The largest absolute Gasteiger partial charge is 0.319 e. The van der Waals surface area contributed by atoms with Crippen LogP contribution in [0.1, 0.15) is 25.3 Å². The molecule has 23 heavy (non-hydrogen) atoms. The number of halogens is 1. The van der Waals surface area contributed by atoms with E-state index in [9.17, 15) is 8.42 Å². The highest BCUT2D eigenvalue weighted by molar-refractivity contribution is 7.86. The first kappa shape index (κ1) is 20.4. The SMILES string of the molecule is CCN(Cc1ccccc1)S(=O)(=O)N1CCC(CNC)CC1.Cl. The lowest BCUT2D eigenvalue weighted by Crippen LogP contribution is -2.47. The summed E-state index contributed by atoms with van der Waals surface area (Å²) in [7, 11) is -1.42. The summed E-state index contributed by atoms with van der Waals surface area (Å²) < 4.78 is 28.9. The number of nitrogens with zero attached hydrogens (tertiary/aromatic N) is 2. The van der Waals surface area contributed by atoms with Crippen LogP contribution in [0.3, 0.4) is 0 Å². The minimum atomic E-state index is -3.36. The molecule has 1 aliphatic heterocycles. The molecule has 1 fully saturated rings. The summed E-state index contributed by atoms with van der Waals surface area (Å²) in [6.07, 6.45) is 1.87. The highest BCUT2D eigenvalue weighted by Gasteiger charge is 2.31. The van der Waals surface area contributed by atoms with E-state index in [0.717, 1.165) is 24.9 Å². The molecule has 0 atom stereocenters. The van der Waals surface area contributed by atoms with E-state index in [1.54, 1.807) is 8.61 Å². The van der Waals surface area contributed by atoms with Crippen molar-refractivity contribution in [2.24, 2.45) is 5.92 Å². The molecule has 0 unspecified atom stereocenters. The van der Waals surface area contributed by atoms with Gasteiger partial charge in [-0.25, -0.2) is 0 Å². The van der Waals surface area contributed by atoms with Crippen LogP contribution in [0.25, 0.3) is 0 Å². The molecule has 1 aromatic carbocycles. The average Bonchev–Trinajstić information content (AvgIpc) is 2.54. The molecule has 132 valence electrons. The highest BCUT2D eigenvalue weighted by atomic mass is 35.5. The van der Waals surface area contributed by atoms with Gasteiger partial charge in [-0.3, -0.25) is 0 Å². The van der Waals surface area contributed by atoms with Crippen LogP contribution in [0, 0.1) is 5.92 Å². The zero-order valence-electron chi connectivity index (χ0n) is 13.9. The van der Waals surface area contributed by atoms with E-state index < -0.39 is 10.2 Å². The van der Waals surface area contributed by atoms with Crippen LogP contribution in [0.4, 0.5) is 0 Å². The van der Waals surface area contributed by atoms with E-state index in [2.05, 4.69) is 5.32 Å². The van der Waals surface area contributed by atoms with E-state index in [4.69, 9.17) is 0 Å². The molecule has 0 amide bonds. The lowest BCUT2D eigenvalue weighted by Gasteiger charge is -2.34. The van der Waals surface area contributed by atoms with Gasteiger partial charge < -0.3 is 5.32 Å². The Hall–Kier alpha value is -0.660. The Morgan fingerprint density at radius 2 is 1.83 bits per heavy atom. The van der Waals surface area contributed by atoms with Crippen LogP contribution in [-0.4, -0.2) is 50.3 Å². The molecular formula is C16H28ClN3O2S. The molecule has 0 aliphatic carbocycles. The van der Waals surface area contributed by atoms with Gasteiger partial charge >= 0.3 is 0 Å². The zero-order valence-corrected chi connectivity index (χ0v) is 15.6. The van der Waals surface area contributed by atoms with Crippen LogP contribution in [-0.2, 0) is 16.8 Å². The molecule has 1 aromatic rings. The third-order valence-electron chi connectivity index (χ3n) is 4.27. The van der Waals surface area contributed by atoms with E-state index in [1.807, 2.05) is 44.3 Å². The Morgan fingerprint density at radius 3 is 2.35 bits per heavy atom. The zero-order chi connectivity index (χ0) is 16.0. The van der Waals surface area contributed by atoms with Crippen LogP contribution in [0.5, 0.6) is 0 Å². The quantitative estimate of drug-likeness (QED) is 0.809. The van der Waals surface area contributed by atoms with Crippen molar-refractivity contribution in [1.29, 1.82) is 0 Å². The van der Waals surface area contributed by atoms with Crippen molar-refractivity contribution in [2.75, 3.05) is 33.2 Å². The van der Waals surface area contributed by atoms with Crippen LogP contribution >= 0.6 is 12.4 Å². The fourth-order valence-electron chi connectivity index (χ4n) is 2.94. The second-order valence-electron chi connectivity index (χ2n) is 5.82. The highest BCUT2D eigenvalue weighted by Crippen LogP contribution is 2.22. The van der Waals surface area contributed by atoms with E-state index in [0.29, 0.717) is 32.1 Å². The Morgan fingerprint density at radius 1 is 1.22 bits per heavy atom. The maximum atomic E-state index is 12.8. The normalized spacial score (nSPS) is 17.2. The third kappa shape index (κ3) is 5.43. The smallest absolute Gasteiger partial charge is 0.282 e. The molecular weight excluding hydrogens is 334 g/mol. The molecule has 0 aromatic heterocycles. The minimum absolute atomic E-state index is 0. The molecule has 1 heterocycles. The van der Waals surface area contributed by atoms with Gasteiger partial charge in [0.15, 0.2) is 0 Å². The monoisotopic (exact) mass is 361 g/mol. The lowest BCUT2D eigenvalue weighted by molar-refractivity contribution is 0.251. The maximum Gasteiger partial charge on any atom is 0.282 e. The first-order valence-corrected chi connectivity index (χ1v) is 9.41. The molecule has 1 saturated heterocycles. The van der Waals surface area contributed by atoms with E-state index in [-0.39, 0.29) is 12.4 Å². The van der Waals surface area contributed by atoms with Gasteiger partial charge in [-0.05, 0) is 37.9 Å². The van der Waals surface area contributed by atoms with Crippen LogP contribution < -0.4 is 5.32 Å². The van der Waals surface area contributed by atoms with Gasteiger partial charge in [0, 0.05) is 26.2 Å². The topological polar surface area (TPSA) is 52.7 Å². The summed E-state index contributed by atoms with van der Waals surface area (Å²) >= 11 is 0. The van der Waals surface area contributed by atoms with Crippen molar-refractivity contribution in [3.63, 3.8) is 0 Å². The minimum Gasteiger partial charge on any atom is -0.319 e. The second-order valence-corrected chi connectivity index (χ2v) is 7.75. The van der Waals surface area contributed by atoms with Crippen LogP contribution in [0.15, 0.2) is 30.3 Å². The van der Waals surface area contributed by atoms with Crippen molar-refractivity contribution < 1.29 is 8.42 Å². The van der Waals surface area contributed by atoms with E-state index >= 15 is 0 Å². The predicted octanol–water partition coefficient (Wildman–Crippen LogP) is 2.11. The summed E-state index contributed by atoms with van der Waals surface area (Å²) in [4.78, 5) is 0. The number of hydrogen-bond donors (Lipinski definition) is 1. The first-order valence-electron chi connectivity index (χ1n) is 8.01. The molecule has 7 heteroatoms. The van der Waals surface area contributed by atoms with Gasteiger partial charge in [0.2, 0.25) is 0 Å². The number of piperidine rings is 1. The van der Waals surface area contributed by atoms with Crippen LogP contribution in [0.2, 0.25) is 0 Å². The molecule has 0 saturated carbocycles. The predicted molar refractivity (Wildman–Crippen MR) is 96.9 cm³/mol. The van der Waals surface area contributed by atoms with Crippen molar-refractivity contribution in [2.45, 2.75) is 26.3 Å². The number of hydrogen-bond acceptors (Lipinski definition) is 3.